The number of esters is 1. The summed E-state index contributed by atoms with van der Waals surface area (Å²) < 4.78 is 4.90. The Hall–Kier alpha value is -1.54. The van der Waals surface area contributed by atoms with Gasteiger partial charge in [0.25, 0.3) is 0 Å². The number of carbonyl (C=O) groups excluding carboxylic acids is 2. The molecule has 4 N–H and O–H groups in total. The SMILES string of the molecule is C=C(C)COC(=O)[C@H](CS)NC(=O)CC[C@H](N)C(=O)O. The van der Waals surface area contributed by atoms with Crippen molar-refractivity contribution in [3.63, 3.8) is 0 Å². The van der Waals surface area contributed by atoms with E-state index in [2.05, 4.69) is 24.5 Å². The van der Waals surface area contributed by atoms with E-state index in [0.717, 1.165) is 0 Å². The molecule has 0 aromatic carbocycles. The smallest absolute Gasteiger partial charge is 0.329 e. The highest BCUT2D eigenvalue weighted by Crippen LogP contribution is 1.99. The molecule has 20 heavy (non-hydrogen) atoms. The molecule has 0 aromatic rings. The molecule has 2 atom stereocenters. The van der Waals surface area contributed by atoms with E-state index in [0.29, 0.717) is 5.57 Å². The van der Waals surface area contributed by atoms with Crippen LogP contribution in [0.2, 0.25) is 0 Å². The van der Waals surface area contributed by atoms with Gasteiger partial charge in [-0.15, -0.1) is 0 Å². The van der Waals surface area contributed by atoms with Gasteiger partial charge in [-0.2, -0.15) is 12.6 Å². The molecule has 0 saturated heterocycles. The van der Waals surface area contributed by atoms with Crippen LogP contribution in [0.4, 0.5) is 0 Å². The average molecular weight is 304 g/mol. The highest BCUT2D eigenvalue weighted by molar-refractivity contribution is 7.80. The summed E-state index contributed by atoms with van der Waals surface area (Å²) in [6, 6.07) is -1.99. The lowest BCUT2D eigenvalue weighted by molar-refractivity contribution is -0.146. The third kappa shape index (κ3) is 7.80. The fourth-order valence-corrected chi connectivity index (χ4v) is 1.39. The second-order valence-corrected chi connectivity index (χ2v) is 4.72. The Balaban J connectivity index is 4.21. The quantitative estimate of drug-likeness (QED) is 0.264. The second-order valence-electron chi connectivity index (χ2n) is 4.35. The first kappa shape index (κ1) is 18.5. The number of rotatable bonds is 9. The zero-order valence-electron chi connectivity index (χ0n) is 11.3. The van der Waals surface area contributed by atoms with Crippen LogP contribution in [-0.2, 0) is 19.1 Å². The number of carboxylic acids is 1. The van der Waals surface area contributed by atoms with Crippen molar-refractivity contribution in [2.24, 2.45) is 5.73 Å². The molecule has 0 unspecified atom stereocenters. The van der Waals surface area contributed by atoms with Crippen molar-refractivity contribution in [1.82, 2.24) is 5.32 Å². The molecule has 0 bridgehead atoms. The number of amides is 1. The minimum Gasteiger partial charge on any atom is -0.480 e. The molecule has 0 radical (unpaired) electrons. The Labute approximate surface area is 123 Å². The van der Waals surface area contributed by atoms with Gasteiger partial charge in [0, 0.05) is 12.2 Å². The van der Waals surface area contributed by atoms with E-state index >= 15 is 0 Å². The van der Waals surface area contributed by atoms with Crippen LogP contribution in [-0.4, -0.2) is 47.4 Å². The third-order valence-corrected chi connectivity index (χ3v) is 2.63. The minimum absolute atomic E-state index is 0.0126. The predicted octanol–water partition coefficient (Wildman–Crippen LogP) is -0.288. The first-order chi connectivity index (χ1) is 9.27. The van der Waals surface area contributed by atoms with Gasteiger partial charge < -0.3 is 20.9 Å². The predicted molar refractivity (Wildman–Crippen MR) is 76.4 cm³/mol. The van der Waals surface area contributed by atoms with E-state index in [1.165, 1.54) is 0 Å². The fraction of sp³-hybridized carbons (Fsp3) is 0.583. The van der Waals surface area contributed by atoms with Crippen LogP contribution in [0.3, 0.4) is 0 Å². The maximum Gasteiger partial charge on any atom is 0.329 e. The molecule has 7 nitrogen and oxygen atoms in total. The summed E-state index contributed by atoms with van der Waals surface area (Å²) in [4.78, 5) is 33.7. The maximum absolute atomic E-state index is 11.6. The summed E-state index contributed by atoms with van der Waals surface area (Å²) in [5.74, 6) is -2.19. The number of carbonyl (C=O) groups is 3. The zero-order chi connectivity index (χ0) is 15.7. The number of thiol groups is 1. The van der Waals surface area contributed by atoms with Crippen LogP contribution in [0, 0.1) is 0 Å². The largest absolute Gasteiger partial charge is 0.480 e. The van der Waals surface area contributed by atoms with Gasteiger partial charge in [-0.25, -0.2) is 4.79 Å². The summed E-state index contributed by atoms with van der Waals surface area (Å²) in [7, 11) is 0. The van der Waals surface area contributed by atoms with Crippen LogP contribution in [0.15, 0.2) is 12.2 Å². The van der Waals surface area contributed by atoms with Crippen molar-refractivity contribution in [2.75, 3.05) is 12.4 Å². The van der Waals surface area contributed by atoms with Gasteiger partial charge >= 0.3 is 11.9 Å². The van der Waals surface area contributed by atoms with E-state index in [1.54, 1.807) is 6.92 Å². The van der Waals surface area contributed by atoms with Crippen LogP contribution >= 0.6 is 12.6 Å². The van der Waals surface area contributed by atoms with Crippen LogP contribution in [0.1, 0.15) is 19.8 Å². The topological polar surface area (TPSA) is 119 Å². The molecule has 114 valence electrons. The first-order valence-electron chi connectivity index (χ1n) is 5.97. The lowest BCUT2D eigenvalue weighted by Gasteiger charge is -2.16. The first-order valence-corrected chi connectivity index (χ1v) is 6.60. The van der Waals surface area contributed by atoms with E-state index in [-0.39, 0.29) is 25.2 Å². The molecule has 0 heterocycles. The molecule has 0 spiro atoms. The van der Waals surface area contributed by atoms with E-state index in [9.17, 15) is 14.4 Å². The second kappa shape index (κ2) is 9.38. The Kier molecular flexibility index (Phi) is 8.66. The fourth-order valence-electron chi connectivity index (χ4n) is 1.15. The van der Waals surface area contributed by atoms with Gasteiger partial charge in [0.15, 0.2) is 0 Å². The number of nitrogens with one attached hydrogen (secondary N) is 1. The number of aliphatic carboxylic acids is 1. The molecular weight excluding hydrogens is 284 g/mol. The standard InChI is InChI=1S/C12H20N2O5S/c1-7(2)5-19-12(18)9(6-20)14-10(15)4-3-8(13)11(16)17/h8-9,20H,1,3-6,13H2,2H3,(H,14,15)(H,16,17)/t8-,9-/m0/s1. The van der Waals surface area contributed by atoms with Crippen molar-refractivity contribution in [1.29, 1.82) is 0 Å². The van der Waals surface area contributed by atoms with Crippen LogP contribution < -0.4 is 11.1 Å². The van der Waals surface area contributed by atoms with Crippen molar-refractivity contribution >= 4 is 30.5 Å². The molecular formula is C12H20N2O5S. The van der Waals surface area contributed by atoms with Gasteiger partial charge in [-0.05, 0) is 18.9 Å². The molecule has 0 aliphatic heterocycles. The number of carboxylic acid groups (broad SMARTS) is 1. The van der Waals surface area contributed by atoms with Crippen molar-refractivity contribution in [2.45, 2.75) is 31.8 Å². The summed E-state index contributed by atoms with van der Waals surface area (Å²) in [6.45, 7) is 5.36. The maximum atomic E-state index is 11.6. The Bertz CT molecular complexity index is 386. The van der Waals surface area contributed by atoms with E-state index < -0.39 is 29.9 Å². The summed E-state index contributed by atoms with van der Waals surface area (Å²) in [5, 5.41) is 11.0. The van der Waals surface area contributed by atoms with Gasteiger partial charge in [0.2, 0.25) is 5.91 Å². The van der Waals surface area contributed by atoms with E-state index in [1.807, 2.05) is 0 Å². The van der Waals surface area contributed by atoms with Gasteiger partial charge in [0.1, 0.15) is 18.7 Å². The number of hydrogen-bond acceptors (Lipinski definition) is 6. The summed E-state index contributed by atoms with van der Waals surface area (Å²) in [6.07, 6.45) is -0.104. The molecule has 0 aliphatic rings. The normalized spacial score (nSPS) is 13.2. The van der Waals surface area contributed by atoms with Gasteiger partial charge in [-0.3, -0.25) is 9.59 Å². The summed E-state index contributed by atoms with van der Waals surface area (Å²) in [5.41, 5.74) is 5.95. The molecule has 0 saturated carbocycles. The van der Waals surface area contributed by atoms with Crippen molar-refractivity contribution < 1.29 is 24.2 Å². The minimum atomic E-state index is -1.18. The average Bonchev–Trinajstić information content (AvgIpc) is 2.38. The van der Waals surface area contributed by atoms with E-state index in [4.69, 9.17) is 15.6 Å². The Morgan fingerprint density at radius 1 is 1.45 bits per heavy atom. The molecule has 8 heteroatoms. The lowest BCUT2D eigenvalue weighted by Crippen LogP contribution is -2.44. The Morgan fingerprint density at radius 2 is 2.05 bits per heavy atom. The number of ether oxygens (including phenoxy) is 1. The molecule has 0 rings (SSSR count). The van der Waals surface area contributed by atoms with Crippen molar-refractivity contribution in [3.8, 4) is 0 Å². The van der Waals surface area contributed by atoms with Crippen LogP contribution in [0.25, 0.3) is 0 Å². The zero-order valence-corrected chi connectivity index (χ0v) is 12.2. The number of hydrogen-bond donors (Lipinski definition) is 4. The highest BCUT2D eigenvalue weighted by atomic mass is 32.1. The van der Waals surface area contributed by atoms with Gasteiger partial charge in [0.05, 0.1) is 0 Å². The van der Waals surface area contributed by atoms with Gasteiger partial charge in [-0.1, -0.05) is 6.58 Å². The van der Waals surface area contributed by atoms with Crippen LogP contribution in [0.5, 0.6) is 0 Å². The monoisotopic (exact) mass is 304 g/mol. The molecule has 0 aliphatic carbocycles. The Morgan fingerprint density at radius 3 is 2.50 bits per heavy atom. The third-order valence-electron chi connectivity index (χ3n) is 2.26. The number of nitrogens with two attached hydrogens (primary N) is 1. The molecule has 0 aromatic heterocycles. The highest BCUT2D eigenvalue weighted by Gasteiger charge is 2.21. The summed E-state index contributed by atoms with van der Waals surface area (Å²) >= 11 is 3.96. The molecule has 1 amide bonds. The molecule has 0 fully saturated rings. The van der Waals surface area contributed by atoms with Crippen molar-refractivity contribution in [3.05, 3.63) is 12.2 Å². The lowest BCUT2D eigenvalue weighted by atomic mass is 10.1.